The summed E-state index contributed by atoms with van der Waals surface area (Å²) >= 11 is 3.56. The summed E-state index contributed by atoms with van der Waals surface area (Å²) in [6, 6.07) is 16.1. The molecular formula is C16H15BrN4O. The molecule has 1 N–H and O–H groups in total. The number of halogens is 1. The monoisotopic (exact) mass is 358 g/mol. The predicted molar refractivity (Wildman–Crippen MR) is 88.0 cm³/mol. The first-order valence-electron chi connectivity index (χ1n) is 6.85. The van der Waals surface area contributed by atoms with Crippen LogP contribution < -0.4 is 10.2 Å². The van der Waals surface area contributed by atoms with Gasteiger partial charge in [0.25, 0.3) is 0 Å². The van der Waals surface area contributed by atoms with E-state index in [0.717, 1.165) is 21.3 Å². The second-order valence-corrected chi connectivity index (χ2v) is 5.60. The minimum atomic E-state index is 0.553. The van der Waals surface area contributed by atoms with Crippen LogP contribution in [0.15, 0.2) is 65.7 Å². The summed E-state index contributed by atoms with van der Waals surface area (Å²) in [6.45, 7) is 1.23. The van der Waals surface area contributed by atoms with Gasteiger partial charge in [0.15, 0.2) is 0 Å². The lowest BCUT2D eigenvalue weighted by Gasteiger charge is -2.11. The second kappa shape index (κ2) is 7.09. The van der Waals surface area contributed by atoms with Crippen LogP contribution in [0, 0.1) is 0 Å². The zero-order valence-corrected chi connectivity index (χ0v) is 13.4. The Balaban J connectivity index is 1.59. The Labute approximate surface area is 137 Å². The smallest absolute Gasteiger partial charge is 0.138 e. The molecule has 2 aromatic carbocycles. The van der Waals surface area contributed by atoms with Crippen molar-refractivity contribution in [3.8, 4) is 5.75 Å². The molecule has 1 aromatic heterocycles. The maximum atomic E-state index is 5.84. The molecule has 0 saturated carbocycles. The Hall–Kier alpha value is -2.34. The Bertz CT molecular complexity index is 716. The number of benzene rings is 2. The van der Waals surface area contributed by atoms with Crippen LogP contribution in [-0.4, -0.2) is 14.9 Å². The molecule has 0 bridgehead atoms. The average Bonchev–Trinajstić information content (AvgIpc) is 3.06. The van der Waals surface area contributed by atoms with Crippen LogP contribution in [0.5, 0.6) is 5.75 Å². The predicted octanol–water partition coefficient (Wildman–Crippen LogP) is 3.36. The van der Waals surface area contributed by atoms with E-state index in [0.29, 0.717) is 13.2 Å². The normalized spacial score (nSPS) is 10.4. The Morgan fingerprint density at radius 3 is 2.50 bits per heavy atom. The molecule has 5 nitrogen and oxygen atoms in total. The number of hydrogen-bond donors (Lipinski definition) is 1. The standard InChI is InChI=1S/C16H15BrN4O/c17-15-8-14(9-20-21-11-18-19-12-21)6-7-16(15)22-10-13-4-2-1-3-5-13/h1-8,11-12,20H,9-10H2. The van der Waals surface area contributed by atoms with Crippen molar-refractivity contribution < 1.29 is 4.74 Å². The van der Waals surface area contributed by atoms with Gasteiger partial charge >= 0.3 is 0 Å². The van der Waals surface area contributed by atoms with E-state index in [2.05, 4.69) is 31.6 Å². The largest absolute Gasteiger partial charge is 0.488 e. The van der Waals surface area contributed by atoms with Gasteiger partial charge in [-0.15, -0.1) is 10.2 Å². The number of nitrogens with one attached hydrogen (secondary N) is 1. The molecule has 0 amide bonds. The number of hydrogen-bond acceptors (Lipinski definition) is 4. The SMILES string of the molecule is Brc1cc(CNn2cnnc2)ccc1OCc1ccccc1. The van der Waals surface area contributed by atoms with Gasteiger partial charge in [-0.1, -0.05) is 36.4 Å². The maximum Gasteiger partial charge on any atom is 0.138 e. The van der Waals surface area contributed by atoms with Gasteiger partial charge in [0.1, 0.15) is 25.0 Å². The van der Waals surface area contributed by atoms with Gasteiger partial charge in [-0.25, -0.2) is 4.68 Å². The van der Waals surface area contributed by atoms with Gasteiger partial charge < -0.3 is 10.2 Å². The molecule has 0 spiro atoms. The van der Waals surface area contributed by atoms with Gasteiger partial charge in [0.05, 0.1) is 11.0 Å². The molecule has 0 aliphatic carbocycles. The molecule has 0 saturated heterocycles. The van der Waals surface area contributed by atoms with E-state index in [-0.39, 0.29) is 0 Å². The number of rotatable bonds is 6. The van der Waals surface area contributed by atoms with E-state index >= 15 is 0 Å². The molecular weight excluding hydrogens is 344 g/mol. The molecule has 0 aliphatic heterocycles. The average molecular weight is 359 g/mol. The molecule has 112 valence electrons. The van der Waals surface area contributed by atoms with Crippen LogP contribution in [0.25, 0.3) is 0 Å². The van der Waals surface area contributed by atoms with E-state index in [1.54, 1.807) is 17.3 Å². The highest BCUT2D eigenvalue weighted by Gasteiger charge is 2.03. The molecule has 1 heterocycles. The molecule has 0 aliphatic rings. The third-order valence-corrected chi connectivity index (χ3v) is 3.74. The molecule has 0 radical (unpaired) electrons. The van der Waals surface area contributed by atoms with E-state index in [1.165, 1.54) is 0 Å². The van der Waals surface area contributed by atoms with Crippen molar-refractivity contribution in [3.63, 3.8) is 0 Å². The fourth-order valence-corrected chi connectivity index (χ4v) is 2.51. The van der Waals surface area contributed by atoms with E-state index in [4.69, 9.17) is 4.74 Å². The second-order valence-electron chi connectivity index (χ2n) is 4.74. The maximum absolute atomic E-state index is 5.84. The van der Waals surface area contributed by atoms with E-state index < -0.39 is 0 Å². The van der Waals surface area contributed by atoms with Gasteiger partial charge in [-0.2, -0.15) is 0 Å². The minimum Gasteiger partial charge on any atom is -0.488 e. The lowest BCUT2D eigenvalue weighted by molar-refractivity contribution is 0.304. The lowest BCUT2D eigenvalue weighted by Crippen LogP contribution is -2.12. The summed E-state index contributed by atoms with van der Waals surface area (Å²) in [4.78, 5) is 0. The molecule has 22 heavy (non-hydrogen) atoms. The van der Waals surface area contributed by atoms with Crippen molar-refractivity contribution >= 4 is 15.9 Å². The molecule has 0 fully saturated rings. The minimum absolute atomic E-state index is 0.553. The third-order valence-electron chi connectivity index (χ3n) is 3.12. The first-order chi connectivity index (χ1) is 10.8. The lowest BCUT2D eigenvalue weighted by atomic mass is 10.2. The van der Waals surface area contributed by atoms with Gasteiger partial charge in [0.2, 0.25) is 0 Å². The van der Waals surface area contributed by atoms with Gasteiger partial charge in [-0.05, 0) is 39.2 Å². The molecule has 3 rings (SSSR count). The molecule has 3 aromatic rings. The van der Waals surface area contributed by atoms with Gasteiger partial charge in [-0.3, -0.25) is 0 Å². The zero-order chi connectivity index (χ0) is 15.2. The van der Waals surface area contributed by atoms with Crippen LogP contribution in [0.3, 0.4) is 0 Å². The molecule has 0 unspecified atom stereocenters. The number of nitrogens with zero attached hydrogens (tertiary/aromatic N) is 3. The number of ether oxygens (including phenoxy) is 1. The van der Waals surface area contributed by atoms with Crippen molar-refractivity contribution in [3.05, 3.63) is 76.8 Å². The summed E-state index contributed by atoms with van der Waals surface area (Å²) in [7, 11) is 0. The molecule has 0 atom stereocenters. The van der Waals surface area contributed by atoms with Crippen molar-refractivity contribution in [2.45, 2.75) is 13.2 Å². The van der Waals surface area contributed by atoms with E-state index in [1.807, 2.05) is 48.5 Å². The van der Waals surface area contributed by atoms with Crippen molar-refractivity contribution in [1.29, 1.82) is 0 Å². The quantitative estimate of drug-likeness (QED) is 0.733. The third kappa shape index (κ3) is 3.85. The highest BCUT2D eigenvalue weighted by atomic mass is 79.9. The summed E-state index contributed by atoms with van der Waals surface area (Å²) in [6.07, 6.45) is 3.23. The zero-order valence-electron chi connectivity index (χ0n) is 11.8. The van der Waals surface area contributed by atoms with Crippen LogP contribution in [0.2, 0.25) is 0 Å². The first kappa shape index (κ1) is 14.6. The van der Waals surface area contributed by atoms with Crippen LogP contribution in [-0.2, 0) is 13.2 Å². The highest BCUT2D eigenvalue weighted by molar-refractivity contribution is 9.10. The van der Waals surface area contributed by atoms with Crippen LogP contribution in [0.1, 0.15) is 11.1 Å². The first-order valence-corrected chi connectivity index (χ1v) is 7.64. The Kier molecular flexibility index (Phi) is 4.70. The Morgan fingerprint density at radius 2 is 1.77 bits per heavy atom. The summed E-state index contributed by atoms with van der Waals surface area (Å²) < 4.78 is 8.49. The van der Waals surface area contributed by atoms with Crippen molar-refractivity contribution in [1.82, 2.24) is 14.9 Å². The summed E-state index contributed by atoms with van der Waals surface area (Å²) in [5.74, 6) is 0.830. The number of aromatic nitrogens is 3. The fourth-order valence-electron chi connectivity index (χ4n) is 1.97. The summed E-state index contributed by atoms with van der Waals surface area (Å²) in [5, 5.41) is 7.48. The van der Waals surface area contributed by atoms with Crippen molar-refractivity contribution in [2.24, 2.45) is 0 Å². The van der Waals surface area contributed by atoms with Crippen LogP contribution >= 0.6 is 15.9 Å². The topological polar surface area (TPSA) is 52.0 Å². The summed E-state index contributed by atoms with van der Waals surface area (Å²) in [5.41, 5.74) is 5.45. The van der Waals surface area contributed by atoms with Gasteiger partial charge in [0, 0.05) is 0 Å². The van der Waals surface area contributed by atoms with Crippen molar-refractivity contribution in [2.75, 3.05) is 5.43 Å². The Morgan fingerprint density at radius 1 is 1.00 bits per heavy atom. The molecule has 6 heteroatoms. The van der Waals surface area contributed by atoms with Crippen LogP contribution in [0.4, 0.5) is 0 Å². The fraction of sp³-hybridized carbons (Fsp3) is 0.125. The highest BCUT2D eigenvalue weighted by Crippen LogP contribution is 2.26. The van der Waals surface area contributed by atoms with E-state index in [9.17, 15) is 0 Å².